The molecule has 0 aliphatic rings. The van der Waals surface area contributed by atoms with Gasteiger partial charge in [0, 0.05) is 16.8 Å². The first kappa shape index (κ1) is 11.9. The van der Waals surface area contributed by atoms with Crippen molar-refractivity contribution < 1.29 is 0 Å². The van der Waals surface area contributed by atoms with Crippen LogP contribution in [0.1, 0.15) is 11.1 Å². The molecular weight excluding hydrogens is 214 g/mol. The summed E-state index contributed by atoms with van der Waals surface area (Å²) < 4.78 is 0. The van der Waals surface area contributed by atoms with Crippen LogP contribution in [-0.2, 0) is 6.42 Å². The lowest BCUT2D eigenvalue weighted by atomic mass is 10.1. The van der Waals surface area contributed by atoms with Crippen LogP contribution >= 0.6 is 23.4 Å². The van der Waals surface area contributed by atoms with Gasteiger partial charge in [0.15, 0.2) is 0 Å². The maximum Gasteiger partial charge on any atom is 0.0441 e. The minimum Gasteiger partial charge on any atom is -0.327 e. The molecule has 0 aliphatic heterocycles. The molecule has 1 aromatic rings. The van der Waals surface area contributed by atoms with Crippen LogP contribution in [0.5, 0.6) is 0 Å². The van der Waals surface area contributed by atoms with Crippen molar-refractivity contribution in [3.8, 4) is 0 Å². The molecule has 1 rings (SSSR count). The van der Waals surface area contributed by atoms with Crippen molar-refractivity contribution >= 4 is 23.4 Å². The number of aryl methyl sites for hydroxylation is 1. The summed E-state index contributed by atoms with van der Waals surface area (Å²) in [5, 5.41) is 0.835. The number of halogens is 1. The Morgan fingerprint density at radius 2 is 2.21 bits per heavy atom. The fourth-order valence-electron chi connectivity index (χ4n) is 1.37. The number of hydrogen-bond donors (Lipinski definition) is 1. The van der Waals surface area contributed by atoms with Gasteiger partial charge in [-0.15, -0.1) is 0 Å². The lowest BCUT2D eigenvalue weighted by Gasteiger charge is -2.11. The lowest BCUT2D eigenvalue weighted by molar-refractivity contribution is 0.749. The Hall–Kier alpha value is -0.180. The molecule has 1 atom stereocenters. The monoisotopic (exact) mass is 229 g/mol. The summed E-state index contributed by atoms with van der Waals surface area (Å²) in [6.45, 7) is 2.04. The number of benzene rings is 1. The zero-order chi connectivity index (χ0) is 10.6. The Bertz CT molecular complexity index is 301. The van der Waals surface area contributed by atoms with E-state index in [0.29, 0.717) is 0 Å². The molecule has 14 heavy (non-hydrogen) atoms. The summed E-state index contributed by atoms with van der Waals surface area (Å²) in [5.74, 6) is 0.976. The molecule has 0 heterocycles. The van der Waals surface area contributed by atoms with Gasteiger partial charge >= 0.3 is 0 Å². The number of hydrogen-bond acceptors (Lipinski definition) is 2. The lowest BCUT2D eigenvalue weighted by Crippen LogP contribution is -2.25. The summed E-state index contributed by atoms with van der Waals surface area (Å²) >= 11 is 7.88. The van der Waals surface area contributed by atoms with E-state index in [-0.39, 0.29) is 6.04 Å². The SMILES string of the molecule is CSCC(N)Cc1ccc(C)cc1Cl. The van der Waals surface area contributed by atoms with Gasteiger partial charge in [0.25, 0.3) is 0 Å². The molecule has 78 valence electrons. The Labute approximate surface area is 95.0 Å². The summed E-state index contributed by atoms with van der Waals surface area (Å²) in [6, 6.07) is 6.33. The van der Waals surface area contributed by atoms with Crippen molar-refractivity contribution in [2.75, 3.05) is 12.0 Å². The van der Waals surface area contributed by atoms with Gasteiger partial charge in [-0.05, 0) is 36.8 Å². The molecule has 0 spiro atoms. The van der Waals surface area contributed by atoms with Crippen LogP contribution in [0, 0.1) is 6.92 Å². The molecule has 0 radical (unpaired) electrons. The molecule has 0 amide bonds. The van der Waals surface area contributed by atoms with Crippen LogP contribution in [0.15, 0.2) is 18.2 Å². The first-order chi connectivity index (χ1) is 6.63. The number of nitrogens with two attached hydrogens (primary N) is 1. The third-order valence-corrected chi connectivity index (χ3v) is 3.18. The first-order valence-electron chi connectivity index (χ1n) is 4.63. The Kier molecular flexibility index (Phi) is 4.79. The Morgan fingerprint density at radius 3 is 2.79 bits per heavy atom. The van der Waals surface area contributed by atoms with Gasteiger partial charge in [-0.1, -0.05) is 23.7 Å². The van der Waals surface area contributed by atoms with E-state index in [2.05, 4.69) is 18.4 Å². The highest BCUT2D eigenvalue weighted by molar-refractivity contribution is 7.98. The quantitative estimate of drug-likeness (QED) is 0.860. The average Bonchev–Trinajstić information content (AvgIpc) is 2.10. The minimum absolute atomic E-state index is 0.199. The maximum atomic E-state index is 6.11. The van der Waals surface area contributed by atoms with Crippen molar-refractivity contribution in [1.82, 2.24) is 0 Å². The van der Waals surface area contributed by atoms with Crippen LogP contribution in [0.4, 0.5) is 0 Å². The van der Waals surface area contributed by atoms with E-state index in [0.717, 1.165) is 22.8 Å². The van der Waals surface area contributed by atoms with Crippen molar-refractivity contribution in [1.29, 1.82) is 0 Å². The van der Waals surface area contributed by atoms with Crippen LogP contribution in [-0.4, -0.2) is 18.1 Å². The second kappa shape index (κ2) is 5.64. The van der Waals surface area contributed by atoms with Crippen molar-refractivity contribution in [3.63, 3.8) is 0 Å². The summed E-state index contributed by atoms with van der Waals surface area (Å²) in [7, 11) is 0. The van der Waals surface area contributed by atoms with Gasteiger partial charge in [0.1, 0.15) is 0 Å². The van der Waals surface area contributed by atoms with Crippen LogP contribution in [0.2, 0.25) is 5.02 Å². The summed E-state index contributed by atoms with van der Waals surface area (Å²) in [6.07, 6.45) is 2.93. The van der Waals surface area contributed by atoms with Gasteiger partial charge < -0.3 is 5.73 Å². The second-order valence-electron chi connectivity index (χ2n) is 3.51. The van der Waals surface area contributed by atoms with Crippen LogP contribution in [0.3, 0.4) is 0 Å². The molecule has 2 N–H and O–H groups in total. The van der Waals surface area contributed by atoms with E-state index < -0.39 is 0 Å². The van der Waals surface area contributed by atoms with E-state index in [4.69, 9.17) is 17.3 Å². The molecule has 0 aliphatic carbocycles. The van der Waals surface area contributed by atoms with E-state index in [1.54, 1.807) is 11.8 Å². The molecule has 1 aromatic carbocycles. The van der Waals surface area contributed by atoms with Gasteiger partial charge in [-0.2, -0.15) is 11.8 Å². The second-order valence-corrected chi connectivity index (χ2v) is 4.83. The smallest absolute Gasteiger partial charge is 0.0441 e. The van der Waals surface area contributed by atoms with Gasteiger partial charge in [-0.3, -0.25) is 0 Å². The van der Waals surface area contributed by atoms with E-state index in [1.165, 1.54) is 5.56 Å². The highest BCUT2D eigenvalue weighted by atomic mass is 35.5. The van der Waals surface area contributed by atoms with Gasteiger partial charge in [-0.25, -0.2) is 0 Å². The average molecular weight is 230 g/mol. The molecule has 3 heteroatoms. The zero-order valence-corrected chi connectivity index (χ0v) is 10.2. The highest BCUT2D eigenvalue weighted by Gasteiger charge is 2.06. The Morgan fingerprint density at radius 1 is 1.50 bits per heavy atom. The summed E-state index contributed by atoms with van der Waals surface area (Å²) in [4.78, 5) is 0. The molecule has 1 unspecified atom stereocenters. The van der Waals surface area contributed by atoms with Gasteiger partial charge in [0.05, 0.1) is 0 Å². The van der Waals surface area contributed by atoms with Crippen LogP contribution in [0.25, 0.3) is 0 Å². The summed E-state index contributed by atoms with van der Waals surface area (Å²) in [5.41, 5.74) is 8.29. The molecule has 0 saturated heterocycles. The topological polar surface area (TPSA) is 26.0 Å². The standard InChI is InChI=1S/C11H16ClNS/c1-8-3-4-9(11(12)5-8)6-10(13)7-14-2/h3-5,10H,6-7,13H2,1-2H3. The largest absolute Gasteiger partial charge is 0.327 e. The molecule has 1 nitrogen and oxygen atoms in total. The normalized spacial score (nSPS) is 12.9. The van der Waals surface area contributed by atoms with Crippen LogP contribution < -0.4 is 5.73 Å². The Balaban J connectivity index is 2.67. The zero-order valence-electron chi connectivity index (χ0n) is 8.59. The van der Waals surface area contributed by atoms with Crippen molar-refractivity contribution in [3.05, 3.63) is 34.3 Å². The third-order valence-electron chi connectivity index (χ3n) is 2.07. The molecular formula is C11H16ClNS. The molecule has 0 bridgehead atoms. The number of thioether (sulfide) groups is 1. The first-order valence-corrected chi connectivity index (χ1v) is 6.40. The maximum absolute atomic E-state index is 6.11. The fraction of sp³-hybridized carbons (Fsp3) is 0.455. The number of rotatable bonds is 4. The third kappa shape index (κ3) is 3.52. The predicted molar refractivity (Wildman–Crippen MR) is 66.3 cm³/mol. The van der Waals surface area contributed by atoms with E-state index in [1.807, 2.05) is 13.0 Å². The molecule has 0 fully saturated rings. The predicted octanol–water partition coefficient (Wildman–Crippen LogP) is 2.88. The molecule has 0 aromatic heterocycles. The van der Waals surface area contributed by atoms with E-state index >= 15 is 0 Å². The fourth-order valence-corrected chi connectivity index (χ4v) is 2.23. The van der Waals surface area contributed by atoms with E-state index in [9.17, 15) is 0 Å². The van der Waals surface area contributed by atoms with Gasteiger partial charge in [0.2, 0.25) is 0 Å². The minimum atomic E-state index is 0.199. The molecule has 0 saturated carbocycles. The highest BCUT2D eigenvalue weighted by Crippen LogP contribution is 2.19. The van der Waals surface area contributed by atoms with Crippen molar-refractivity contribution in [2.24, 2.45) is 5.73 Å². The van der Waals surface area contributed by atoms with Crippen molar-refractivity contribution in [2.45, 2.75) is 19.4 Å².